The van der Waals surface area contributed by atoms with E-state index in [0.29, 0.717) is 18.4 Å². The van der Waals surface area contributed by atoms with Gasteiger partial charge in [-0.3, -0.25) is 4.79 Å². The Labute approximate surface area is 187 Å². The van der Waals surface area contributed by atoms with Crippen molar-refractivity contribution in [1.82, 2.24) is 14.9 Å². The average molecular weight is 433 g/mol. The zero-order chi connectivity index (χ0) is 21.8. The zero-order valence-electron chi connectivity index (χ0n) is 18.2. The summed E-state index contributed by atoms with van der Waals surface area (Å²) in [5, 5.41) is 1.24. The molecule has 1 N–H and O–H groups in total. The molecule has 0 aliphatic heterocycles. The smallest absolute Gasteiger partial charge is 0.274 e. The highest BCUT2D eigenvalue weighted by molar-refractivity contribution is 7.19. The molecule has 2 aromatic heterocycles. The second-order valence-electron chi connectivity index (χ2n) is 8.18. The summed E-state index contributed by atoms with van der Waals surface area (Å²) in [5.74, 6) is 0.614. The molecule has 0 spiro atoms. The van der Waals surface area contributed by atoms with E-state index in [1.165, 1.54) is 20.5 Å². The monoisotopic (exact) mass is 432 g/mol. The molecule has 1 atom stereocenters. The second kappa shape index (κ2) is 9.45. The lowest BCUT2D eigenvalue weighted by molar-refractivity contribution is 0.294. The Morgan fingerprint density at radius 1 is 1.00 bits per heavy atom. The van der Waals surface area contributed by atoms with E-state index in [9.17, 15) is 4.79 Å². The highest BCUT2D eigenvalue weighted by Crippen LogP contribution is 2.26. The number of anilines is 1. The molecular formula is C25H28N4OS. The second-order valence-corrected chi connectivity index (χ2v) is 9.35. The molecule has 160 valence electrons. The summed E-state index contributed by atoms with van der Waals surface area (Å²) in [6.07, 6.45) is 1.63. The molecular weight excluding hydrogens is 404 g/mol. The molecule has 0 amide bonds. The Morgan fingerprint density at radius 2 is 1.74 bits per heavy atom. The van der Waals surface area contributed by atoms with Crippen LogP contribution >= 0.6 is 11.3 Å². The van der Waals surface area contributed by atoms with Crippen LogP contribution in [0, 0.1) is 0 Å². The number of nitrogens with one attached hydrogen (secondary N) is 1. The minimum Gasteiger partial charge on any atom is -0.344 e. The Balaban J connectivity index is 1.51. The van der Waals surface area contributed by atoms with Crippen molar-refractivity contribution >= 4 is 27.4 Å². The summed E-state index contributed by atoms with van der Waals surface area (Å²) in [7, 11) is 6.17. The van der Waals surface area contributed by atoms with Gasteiger partial charge in [-0.1, -0.05) is 48.5 Å². The van der Waals surface area contributed by atoms with E-state index in [1.54, 1.807) is 17.4 Å². The number of aromatic amines is 1. The highest BCUT2D eigenvalue weighted by Gasteiger charge is 2.17. The number of thiophene rings is 1. The third-order valence-corrected chi connectivity index (χ3v) is 6.63. The van der Waals surface area contributed by atoms with Crippen molar-refractivity contribution in [3.05, 3.63) is 93.2 Å². The Kier molecular flexibility index (Phi) is 6.49. The van der Waals surface area contributed by atoms with E-state index in [2.05, 4.69) is 83.6 Å². The van der Waals surface area contributed by atoms with Crippen LogP contribution in [0.2, 0.25) is 0 Å². The number of benzene rings is 2. The van der Waals surface area contributed by atoms with Crippen molar-refractivity contribution in [2.45, 2.75) is 18.9 Å². The molecule has 31 heavy (non-hydrogen) atoms. The molecule has 0 fully saturated rings. The minimum atomic E-state index is -0.207. The maximum Gasteiger partial charge on any atom is 0.274 e. The van der Waals surface area contributed by atoms with Crippen molar-refractivity contribution in [3.63, 3.8) is 0 Å². The maximum atomic E-state index is 12.3. The standard InChI is InChI=1S/C25H28N4OS/c1-28(2)21(13-18-9-5-4-6-10-18)17-29(3)25-26-20(16-24(30)27-25)15-22-14-19-11-7-8-12-23(19)31-22/h4-12,14,16,21H,13,15,17H2,1-3H3,(H,26,27,30)/t21-/m0/s1. The third kappa shape index (κ3) is 5.40. The topological polar surface area (TPSA) is 52.2 Å². The molecule has 0 saturated heterocycles. The molecule has 0 aliphatic carbocycles. The van der Waals surface area contributed by atoms with Crippen LogP contribution in [0.25, 0.3) is 10.1 Å². The summed E-state index contributed by atoms with van der Waals surface area (Å²) >= 11 is 1.77. The number of H-pyrrole nitrogens is 1. The molecule has 4 aromatic rings. The van der Waals surface area contributed by atoms with Gasteiger partial charge in [-0.05, 0) is 43.6 Å². The van der Waals surface area contributed by atoms with Gasteiger partial charge in [0.15, 0.2) is 0 Å². The SMILES string of the molecule is CN(C[C@H](Cc1ccccc1)N(C)C)c1nc(=O)cc(Cc2cc3ccccc3s2)[nH]1. The number of hydrogen-bond donors (Lipinski definition) is 1. The lowest BCUT2D eigenvalue weighted by Crippen LogP contribution is -2.41. The van der Waals surface area contributed by atoms with Crippen molar-refractivity contribution in [2.24, 2.45) is 0 Å². The lowest BCUT2D eigenvalue weighted by atomic mass is 10.0. The van der Waals surface area contributed by atoms with Gasteiger partial charge in [-0.15, -0.1) is 11.3 Å². The summed E-state index contributed by atoms with van der Waals surface area (Å²) < 4.78 is 1.26. The first-order valence-electron chi connectivity index (χ1n) is 10.5. The Hall–Kier alpha value is -2.96. The highest BCUT2D eigenvalue weighted by atomic mass is 32.1. The van der Waals surface area contributed by atoms with Crippen LogP contribution in [0.3, 0.4) is 0 Å². The zero-order valence-corrected chi connectivity index (χ0v) is 19.0. The molecule has 0 unspecified atom stereocenters. The molecule has 2 aromatic carbocycles. The van der Waals surface area contributed by atoms with Gasteiger partial charge in [0.2, 0.25) is 5.95 Å². The molecule has 2 heterocycles. The summed E-state index contributed by atoms with van der Waals surface area (Å²) in [6, 6.07) is 23.0. The van der Waals surface area contributed by atoms with E-state index in [1.807, 2.05) is 18.0 Å². The minimum absolute atomic E-state index is 0.207. The van der Waals surface area contributed by atoms with Gasteiger partial charge in [0.05, 0.1) is 0 Å². The van der Waals surface area contributed by atoms with Crippen molar-refractivity contribution in [1.29, 1.82) is 0 Å². The van der Waals surface area contributed by atoms with Gasteiger partial charge in [0, 0.05) is 47.4 Å². The predicted octanol–water partition coefficient (Wildman–Crippen LogP) is 4.18. The Bertz CT molecular complexity index is 1170. The van der Waals surface area contributed by atoms with Crippen molar-refractivity contribution in [3.8, 4) is 0 Å². The normalized spacial score (nSPS) is 12.4. The molecule has 6 heteroatoms. The van der Waals surface area contributed by atoms with E-state index < -0.39 is 0 Å². The number of rotatable bonds is 8. The van der Waals surface area contributed by atoms with Crippen LogP contribution in [-0.2, 0) is 12.8 Å². The summed E-state index contributed by atoms with van der Waals surface area (Å²) in [5.41, 5.74) is 1.98. The maximum absolute atomic E-state index is 12.3. The molecule has 0 aliphatic rings. The summed E-state index contributed by atoms with van der Waals surface area (Å²) in [4.78, 5) is 25.4. The van der Waals surface area contributed by atoms with Crippen molar-refractivity contribution < 1.29 is 0 Å². The first-order chi connectivity index (χ1) is 15.0. The average Bonchev–Trinajstić information content (AvgIpc) is 3.15. The van der Waals surface area contributed by atoms with E-state index in [0.717, 1.165) is 18.7 Å². The largest absolute Gasteiger partial charge is 0.344 e. The van der Waals surface area contributed by atoms with Gasteiger partial charge in [-0.25, -0.2) is 0 Å². The molecule has 5 nitrogen and oxygen atoms in total. The number of fused-ring (bicyclic) bond motifs is 1. The molecule has 0 saturated carbocycles. The quantitative estimate of drug-likeness (QED) is 0.454. The first kappa shape index (κ1) is 21.3. The third-order valence-electron chi connectivity index (χ3n) is 5.52. The first-order valence-corrected chi connectivity index (χ1v) is 11.3. The lowest BCUT2D eigenvalue weighted by Gasteiger charge is -2.29. The number of nitrogens with zero attached hydrogens (tertiary/aromatic N) is 3. The Morgan fingerprint density at radius 3 is 2.48 bits per heavy atom. The van der Waals surface area contributed by atoms with Gasteiger partial charge < -0.3 is 14.8 Å². The van der Waals surface area contributed by atoms with Gasteiger partial charge in [0.25, 0.3) is 5.56 Å². The van der Waals surface area contributed by atoms with Crippen molar-refractivity contribution in [2.75, 3.05) is 32.6 Å². The van der Waals surface area contributed by atoms with E-state index in [-0.39, 0.29) is 5.56 Å². The van der Waals surface area contributed by atoms with Gasteiger partial charge in [-0.2, -0.15) is 4.98 Å². The molecule has 0 radical (unpaired) electrons. The fraction of sp³-hybridized carbons (Fsp3) is 0.280. The summed E-state index contributed by atoms with van der Waals surface area (Å²) in [6.45, 7) is 0.761. The number of likely N-dealkylation sites (N-methyl/N-ethyl adjacent to an activating group) is 2. The van der Waals surface area contributed by atoms with Crippen LogP contribution in [0.1, 0.15) is 16.1 Å². The van der Waals surface area contributed by atoms with Crippen LogP contribution in [0.5, 0.6) is 0 Å². The number of hydrogen-bond acceptors (Lipinski definition) is 5. The van der Waals surface area contributed by atoms with Crippen LogP contribution < -0.4 is 10.5 Å². The fourth-order valence-electron chi connectivity index (χ4n) is 3.78. The molecule has 0 bridgehead atoms. The van der Waals surface area contributed by atoms with Crippen LogP contribution in [0.15, 0.2) is 71.5 Å². The van der Waals surface area contributed by atoms with E-state index in [4.69, 9.17) is 0 Å². The van der Waals surface area contributed by atoms with Crippen LogP contribution in [0.4, 0.5) is 5.95 Å². The fourth-order valence-corrected chi connectivity index (χ4v) is 4.87. The predicted molar refractivity (Wildman–Crippen MR) is 130 cm³/mol. The van der Waals surface area contributed by atoms with Gasteiger partial charge in [0.1, 0.15) is 0 Å². The van der Waals surface area contributed by atoms with Crippen LogP contribution in [-0.4, -0.2) is 48.6 Å². The number of aromatic nitrogens is 2. The molecule has 4 rings (SSSR count). The van der Waals surface area contributed by atoms with E-state index >= 15 is 0 Å². The van der Waals surface area contributed by atoms with Gasteiger partial charge >= 0.3 is 0 Å².